The molecule has 2 atom stereocenters. The van der Waals surface area contributed by atoms with Gasteiger partial charge in [-0.15, -0.1) is 0 Å². The molecule has 0 aromatic rings. The molecule has 0 bridgehead atoms. The Morgan fingerprint density at radius 3 is 1.70 bits per heavy atom. The number of unbranched alkanes of at least 4 members (excludes halogenated alkanes) is 13. The molecule has 0 rings (SSSR count). The van der Waals surface area contributed by atoms with E-state index in [0.29, 0.717) is 38.6 Å². The lowest BCUT2D eigenvalue weighted by atomic mass is 10.0. The Morgan fingerprint density at radius 1 is 0.676 bits per heavy atom. The largest absolute Gasteiger partial charge is 0.480 e. The summed E-state index contributed by atoms with van der Waals surface area (Å²) in [6.07, 6.45) is 21.6. The summed E-state index contributed by atoms with van der Waals surface area (Å²) in [5, 5.41) is 11.8. The van der Waals surface area contributed by atoms with E-state index < -0.39 is 12.0 Å². The second-order valence-corrected chi connectivity index (χ2v) is 10.5. The van der Waals surface area contributed by atoms with Crippen LogP contribution < -0.4 is 11.1 Å². The molecule has 218 valence electrons. The predicted molar refractivity (Wildman–Crippen MR) is 151 cm³/mol. The lowest BCUT2D eigenvalue weighted by molar-refractivity contribution is -0.150. The Bertz CT molecular complexity index is 570. The summed E-state index contributed by atoms with van der Waals surface area (Å²) >= 11 is 0. The zero-order valence-corrected chi connectivity index (χ0v) is 24.1. The van der Waals surface area contributed by atoms with Crippen molar-refractivity contribution in [3.63, 3.8) is 0 Å². The molecule has 7 heteroatoms. The third-order valence-corrected chi connectivity index (χ3v) is 6.92. The van der Waals surface area contributed by atoms with Crippen LogP contribution in [0.3, 0.4) is 0 Å². The number of carbonyl (C=O) groups excluding carboxylic acids is 2. The highest BCUT2D eigenvalue weighted by Crippen LogP contribution is 2.17. The number of hydrogen-bond donors (Lipinski definition) is 3. The molecular weight excluding hydrogens is 468 g/mol. The second-order valence-electron chi connectivity index (χ2n) is 10.5. The maximum absolute atomic E-state index is 12.4. The van der Waals surface area contributed by atoms with E-state index in [-0.39, 0.29) is 18.0 Å². The molecule has 37 heavy (non-hydrogen) atoms. The smallest absolute Gasteiger partial charge is 0.326 e. The first-order chi connectivity index (χ1) is 17.9. The Kier molecular flexibility index (Phi) is 24.9. The molecule has 0 heterocycles. The van der Waals surface area contributed by atoms with E-state index in [1.807, 2.05) is 0 Å². The Balaban J connectivity index is 4.19. The zero-order valence-electron chi connectivity index (χ0n) is 24.1. The minimum Gasteiger partial charge on any atom is -0.480 e. The van der Waals surface area contributed by atoms with Crippen LogP contribution in [0.1, 0.15) is 155 Å². The summed E-state index contributed by atoms with van der Waals surface area (Å²) in [4.78, 5) is 35.8. The lowest BCUT2D eigenvalue weighted by Gasteiger charge is -2.18. The fraction of sp³-hybridized carbons (Fsp3) is 0.900. The molecule has 0 aliphatic carbocycles. The summed E-state index contributed by atoms with van der Waals surface area (Å²) < 4.78 is 5.85. The van der Waals surface area contributed by atoms with Crippen LogP contribution in [0, 0.1) is 0 Å². The van der Waals surface area contributed by atoms with E-state index in [0.717, 1.165) is 51.4 Å². The minimum absolute atomic E-state index is 0.0376. The monoisotopic (exact) mass is 526 g/mol. The van der Waals surface area contributed by atoms with Crippen molar-refractivity contribution < 1.29 is 24.2 Å². The third kappa shape index (κ3) is 23.2. The highest BCUT2D eigenvalue weighted by atomic mass is 16.5. The second kappa shape index (κ2) is 26.0. The number of amides is 1. The first kappa shape index (κ1) is 35.4. The number of carboxylic acid groups (broad SMARTS) is 1. The molecular formula is C30H58N2O5. The first-order valence-electron chi connectivity index (χ1n) is 15.4. The SMILES string of the molecule is CCCCCCCCCCCC(=O)OC(CCCCCC)CCCCCC(=O)NC(CCCN)C(=O)O. The number of nitrogens with two attached hydrogens (primary N) is 1. The fourth-order valence-electron chi connectivity index (χ4n) is 4.57. The molecule has 2 unspecified atom stereocenters. The molecule has 0 saturated heterocycles. The van der Waals surface area contributed by atoms with E-state index >= 15 is 0 Å². The Hall–Kier alpha value is -1.63. The lowest BCUT2D eigenvalue weighted by Crippen LogP contribution is -2.40. The van der Waals surface area contributed by atoms with Crippen LogP contribution >= 0.6 is 0 Å². The Morgan fingerprint density at radius 2 is 1.16 bits per heavy atom. The van der Waals surface area contributed by atoms with Crippen molar-refractivity contribution in [3.8, 4) is 0 Å². The van der Waals surface area contributed by atoms with E-state index in [1.54, 1.807) is 0 Å². The number of nitrogens with one attached hydrogen (secondary N) is 1. The number of rotatable bonds is 27. The fourth-order valence-corrected chi connectivity index (χ4v) is 4.57. The number of esters is 1. The van der Waals surface area contributed by atoms with Gasteiger partial charge in [-0.3, -0.25) is 9.59 Å². The summed E-state index contributed by atoms with van der Waals surface area (Å²) in [5.41, 5.74) is 5.44. The van der Waals surface area contributed by atoms with E-state index in [4.69, 9.17) is 10.5 Å². The van der Waals surface area contributed by atoms with Gasteiger partial charge in [0, 0.05) is 12.8 Å². The van der Waals surface area contributed by atoms with Crippen LogP contribution in [0.2, 0.25) is 0 Å². The molecule has 0 aliphatic rings. The molecule has 4 N–H and O–H groups in total. The Labute approximate surface area is 227 Å². The maximum Gasteiger partial charge on any atom is 0.326 e. The summed E-state index contributed by atoms with van der Waals surface area (Å²) in [6.45, 7) is 4.83. The quantitative estimate of drug-likeness (QED) is 0.0779. The van der Waals surface area contributed by atoms with Crippen molar-refractivity contribution in [3.05, 3.63) is 0 Å². The molecule has 0 aromatic heterocycles. The van der Waals surface area contributed by atoms with Gasteiger partial charge < -0.3 is 20.9 Å². The van der Waals surface area contributed by atoms with E-state index in [9.17, 15) is 19.5 Å². The van der Waals surface area contributed by atoms with Crippen molar-refractivity contribution in [1.82, 2.24) is 5.32 Å². The van der Waals surface area contributed by atoms with Gasteiger partial charge in [0.05, 0.1) is 0 Å². The van der Waals surface area contributed by atoms with Gasteiger partial charge in [-0.25, -0.2) is 4.79 Å². The number of ether oxygens (including phenoxy) is 1. The van der Waals surface area contributed by atoms with Crippen LogP contribution in [-0.2, 0) is 19.1 Å². The molecule has 0 saturated carbocycles. The normalized spacial score (nSPS) is 12.7. The van der Waals surface area contributed by atoms with Crippen molar-refractivity contribution in [2.24, 2.45) is 5.73 Å². The third-order valence-electron chi connectivity index (χ3n) is 6.92. The number of hydrogen-bond acceptors (Lipinski definition) is 5. The van der Waals surface area contributed by atoms with Crippen LogP contribution in [0.4, 0.5) is 0 Å². The summed E-state index contributed by atoms with van der Waals surface area (Å²) in [6, 6.07) is -0.867. The van der Waals surface area contributed by atoms with Gasteiger partial charge >= 0.3 is 11.9 Å². The maximum atomic E-state index is 12.4. The summed E-state index contributed by atoms with van der Waals surface area (Å²) in [5.74, 6) is -1.31. The van der Waals surface area contributed by atoms with Crippen LogP contribution in [0.5, 0.6) is 0 Å². The molecule has 0 fully saturated rings. The average molecular weight is 527 g/mol. The van der Waals surface area contributed by atoms with E-state index in [1.165, 1.54) is 57.8 Å². The average Bonchev–Trinajstić information content (AvgIpc) is 2.87. The molecule has 1 amide bonds. The predicted octanol–water partition coefficient (Wildman–Crippen LogP) is 7.05. The summed E-state index contributed by atoms with van der Waals surface area (Å²) in [7, 11) is 0. The van der Waals surface area contributed by atoms with Gasteiger partial charge in [0.1, 0.15) is 12.1 Å². The molecule has 0 aromatic carbocycles. The zero-order chi connectivity index (χ0) is 27.6. The molecule has 0 aliphatic heterocycles. The topological polar surface area (TPSA) is 119 Å². The van der Waals surface area contributed by atoms with Crippen molar-refractivity contribution in [2.45, 2.75) is 167 Å². The molecule has 7 nitrogen and oxygen atoms in total. The first-order valence-corrected chi connectivity index (χ1v) is 15.4. The van der Waals surface area contributed by atoms with Crippen LogP contribution in [0.15, 0.2) is 0 Å². The van der Waals surface area contributed by atoms with Gasteiger partial charge in [0.15, 0.2) is 0 Å². The van der Waals surface area contributed by atoms with Crippen LogP contribution in [-0.4, -0.2) is 41.6 Å². The van der Waals surface area contributed by atoms with Gasteiger partial charge in [-0.2, -0.15) is 0 Å². The standard InChI is InChI=1S/C30H58N2O5/c1-3-5-7-9-10-11-12-13-18-24-29(34)37-26(20-15-8-6-4-2)21-16-14-17-23-28(33)32-27(30(35)36)22-19-25-31/h26-27H,3-25,31H2,1-2H3,(H,32,33)(H,35,36). The number of aliphatic carboxylic acids is 1. The molecule has 0 spiro atoms. The number of carboxylic acids is 1. The van der Waals surface area contributed by atoms with Crippen molar-refractivity contribution in [1.29, 1.82) is 0 Å². The highest BCUT2D eigenvalue weighted by molar-refractivity contribution is 5.83. The van der Waals surface area contributed by atoms with Gasteiger partial charge in [-0.05, 0) is 57.9 Å². The van der Waals surface area contributed by atoms with E-state index in [2.05, 4.69) is 19.2 Å². The van der Waals surface area contributed by atoms with Crippen molar-refractivity contribution in [2.75, 3.05) is 6.54 Å². The van der Waals surface area contributed by atoms with Gasteiger partial charge in [0.25, 0.3) is 0 Å². The minimum atomic E-state index is -1.02. The van der Waals surface area contributed by atoms with Crippen molar-refractivity contribution >= 4 is 17.8 Å². The van der Waals surface area contributed by atoms with Gasteiger partial charge in [0.2, 0.25) is 5.91 Å². The van der Waals surface area contributed by atoms with Crippen LogP contribution in [0.25, 0.3) is 0 Å². The highest BCUT2D eigenvalue weighted by Gasteiger charge is 2.19. The number of carbonyl (C=O) groups is 3. The van der Waals surface area contributed by atoms with Gasteiger partial charge in [-0.1, -0.05) is 90.9 Å². The molecule has 0 radical (unpaired) electrons.